The lowest BCUT2D eigenvalue weighted by atomic mass is 10.3. The zero-order chi connectivity index (χ0) is 8.97. The Bertz CT molecular complexity index is 208. The van der Waals surface area contributed by atoms with E-state index in [1.54, 1.807) is 5.12 Å². The van der Waals surface area contributed by atoms with Crippen molar-refractivity contribution < 1.29 is 0 Å². The molecule has 0 aromatic rings. The molecule has 1 aliphatic rings. The topological polar surface area (TPSA) is 64.0 Å². The minimum absolute atomic E-state index is 0.602. The molecular weight excluding hydrogens is 156 g/mol. The molecular formula is C6H14N6. The van der Waals surface area contributed by atoms with Crippen molar-refractivity contribution in [2.24, 2.45) is 10.2 Å². The van der Waals surface area contributed by atoms with Crippen molar-refractivity contribution >= 4 is 11.7 Å². The van der Waals surface area contributed by atoms with Gasteiger partial charge in [-0.3, -0.25) is 5.43 Å². The number of hydrazone groups is 2. The molecule has 0 fully saturated rings. The van der Waals surface area contributed by atoms with Gasteiger partial charge in [-0.05, 0) is 13.3 Å². The van der Waals surface area contributed by atoms with E-state index in [4.69, 9.17) is 0 Å². The number of hydrazine groups is 2. The van der Waals surface area contributed by atoms with Crippen molar-refractivity contribution in [3.8, 4) is 0 Å². The van der Waals surface area contributed by atoms with E-state index in [1.165, 1.54) is 0 Å². The van der Waals surface area contributed by atoms with E-state index in [-0.39, 0.29) is 0 Å². The number of nitrogens with one attached hydrogen (secondary N) is 3. The lowest BCUT2D eigenvalue weighted by Gasteiger charge is -2.07. The van der Waals surface area contributed by atoms with Gasteiger partial charge in [0.25, 0.3) is 5.96 Å². The molecule has 68 valence electrons. The van der Waals surface area contributed by atoms with E-state index >= 15 is 0 Å². The maximum atomic E-state index is 4.07. The summed E-state index contributed by atoms with van der Waals surface area (Å²) in [4.78, 5) is 0. The molecule has 0 bridgehead atoms. The zero-order valence-electron chi connectivity index (χ0n) is 7.55. The highest BCUT2D eigenvalue weighted by atomic mass is 15.9. The van der Waals surface area contributed by atoms with Gasteiger partial charge in [0.05, 0.1) is 0 Å². The summed E-state index contributed by atoms with van der Waals surface area (Å²) >= 11 is 0. The molecule has 1 heterocycles. The van der Waals surface area contributed by atoms with Crippen LogP contribution in [0.15, 0.2) is 10.2 Å². The summed E-state index contributed by atoms with van der Waals surface area (Å²) in [5.41, 5.74) is 9.40. The van der Waals surface area contributed by atoms with Gasteiger partial charge in [-0.1, -0.05) is 6.92 Å². The third kappa shape index (κ3) is 2.39. The first-order valence-corrected chi connectivity index (χ1v) is 3.85. The molecule has 6 nitrogen and oxygen atoms in total. The van der Waals surface area contributed by atoms with Crippen molar-refractivity contribution in [2.75, 3.05) is 7.05 Å². The average Bonchev–Trinajstić information content (AvgIpc) is 2.47. The van der Waals surface area contributed by atoms with Crippen LogP contribution in [-0.2, 0) is 0 Å². The van der Waals surface area contributed by atoms with Gasteiger partial charge in [0.15, 0.2) is 0 Å². The number of hydrogen-bond donors (Lipinski definition) is 3. The first-order valence-electron chi connectivity index (χ1n) is 3.85. The second kappa shape index (κ2) is 3.91. The lowest BCUT2D eigenvalue weighted by Crippen LogP contribution is -2.41. The molecule has 3 N–H and O–H groups in total. The SMILES string of the molecule is CC/C(C)=N/NC1=NNN(C)N1. The predicted octanol–water partition coefficient (Wildman–Crippen LogP) is -0.412. The summed E-state index contributed by atoms with van der Waals surface area (Å²) < 4.78 is 0. The van der Waals surface area contributed by atoms with E-state index in [0.717, 1.165) is 12.1 Å². The van der Waals surface area contributed by atoms with Crippen LogP contribution in [0.2, 0.25) is 0 Å². The molecule has 1 aliphatic heterocycles. The van der Waals surface area contributed by atoms with Crippen LogP contribution in [0.3, 0.4) is 0 Å². The van der Waals surface area contributed by atoms with Crippen molar-refractivity contribution in [3.05, 3.63) is 0 Å². The van der Waals surface area contributed by atoms with Gasteiger partial charge in [-0.25, -0.2) is 11.0 Å². The molecule has 6 heteroatoms. The average molecular weight is 170 g/mol. The van der Waals surface area contributed by atoms with Crippen LogP contribution in [-0.4, -0.2) is 23.8 Å². The normalized spacial score (nSPS) is 18.2. The van der Waals surface area contributed by atoms with Crippen LogP contribution >= 0.6 is 0 Å². The van der Waals surface area contributed by atoms with E-state index in [2.05, 4.69) is 33.5 Å². The monoisotopic (exact) mass is 170 g/mol. The summed E-state index contributed by atoms with van der Waals surface area (Å²) in [7, 11) is 1.81. The standard InChI is InChI=1S/C6H14N6/c1-4-5(2)7-8-6-9-11-12(3)10-6/h11H,4H2,1-3H3,(H2,8,9,10)/b7-5+. The summed E-state index contributed by atoms with van der Waals surface area (Å²) in [6.45, 7) is 4.01. The summed E-state index contributed by atoms with van der Waals surface area (Å²) in [5, 5.41) is 9.58. The van der Waals surface area contributed by atoms with E-state index in [9.17, 15) is 0 Å². The fraction of sp³-hybridized carbons (Fsp3) is 0.667. The highest BCUT2D eigenvalue weighted by Crippen LogP contribution is 1.83. The van der Waals surface area contributed by atoms with Gasteiger partial charge >= 0.3 is 0 Å². The first kappa shape index (κ1) is 8.79. The lowest BCUT2D eigenvalue weighted by molar-refractivity contribution is 0.230. The summed E-state index contributed by atoms with van der Waals surface area (Å²) in [6, 6.07) is 0. The van der Waals surface area contributed by atoms with Gasteiger partial charge in [-0.15, -0.1) is 10.2 Å². The molecule has 0 unspecified atom stereocenters. The Morgan fingerprint density at radius 1 is 1.75 bits per heavy atom. The molecule has 0 radical (unpaired) electrons. The molecule has 0 saturated carbocycles. The number of rotatable bonds is 2. The Morgan fingerprint density at radius 3 is 3.00 bits per heavy atom. The van der Waals surface area contributed by atoms with Crippen LogP contribution in [0.5, 0.6) is 0 Å². The molecule has 0 aromatic carbocycles. The second-order valence-corrected chi connectivity index (χ2v) is 2.54. The van der Waals surface area contributed by atoms with Crippen LogP contribution in [0.4, 0.5) is 0 Å². The molecule has 0 spiro atoms. The second-order valence-electron chi connectivity index (χ2n) is 2.54. The van der Waals surface area contributed by atoms with Crippen LogP contribution in [0.25, 0.3) is 0 Å². The number of nitrogens with zero attached hydrogens (tertiary/aromatic N) is 3. The molecule has 0 atom stereocenters. The summed E-state index contributed by atoms with van der Waals surface area (Å²) in [6.07, 6.45) is 0.934. The van der Waals surface area contributed by atoms with Gasteiger partial charge in [-0.2, -0.15) is 5.10 Å². The van der Waals surface area contributed by atoms with Gasteiger partial charge in [0.1, 0.15) is 0 Å². The largest absolute Gasteiger partial charge is 0.267 e. The van der Waals surface area contributed by atoms with E-state index in [0.29, 0.717) is 5.96 Å². The smallest absolute Gasteiger partial charge is 0.251 e. The van der Waals surface area contributed by atoms with E-state index < -0.39 is 0 Å². The van der Waals surface area contributed by atoms with Gasteiger partial charge in [0.2, 0.25) is 0 Å². The fourth-order valence-electron chi connectivity index (χ4n) is 0.611. The predicted molar refractivity (Wildman–Crippen MR) is 48.0 cm³/mol. The maximum absolute atomic E-state index is 4.07. The highest BCUT2D eigenvalue weighted by Gasteiger charge is 2.07. The van der Waals surface area contributed by atoms with Crippen molar-refractivity contribution in [1.82, 2.24) is 21.5 Å². The van der Waals surface area contributed by atoms with E-state index in [1.807, 2.05) is 14.0 Å². The van der Waals surface area contributed by atoms with Gasteiger partial charge < -0.3 is 0 Å². The van der Waals surface area contributed by atoms with Crippen molar-refractivity contribution in [1.29, 1.82) is 0 Å². The molecule has 1 rings (SSSR count). The molecule has 0 amide bonds. The fourth-order valence-corrected chi connectivity index (χ4v) is 0.611. The third-order valence-corrected chi connectivity index (χ3v) is 1.45. The summed E-state index contributed by atoms with van der Waals surface area (Å²) in [5.74, 6) is 0.602. The molecule has 0 saturated heterocycles. The minimum Gasteiger partial charge on any atom is -0.267 e. The minimum atomic E-state index is 0.602. The Kier molecular flexibility index (Phi) is 2.87. The van der Waals surface area contributed by atoms with Crippen LogP contribution < -0.4 is 16.4 Å². The van der Waals surface area contributed by atoms with Gasteiger partial charge in [0, 0.05) is 12.8 Å². The quantitative estimate of drug-likeness (QED) is 0.389. The highest BCUT2D eigenvalue weighted by molar-refractivity contribution is 5.85. The third-order valence-electron chi connectivity index (χ3n) is 1.45. The number of guanidine groups is 1. The maximum Gasteiger partial charge on any atom is 0.251 e. The Labute approximate surface area is 71.6 Å². The Hall–Kier alpha value is -1.30. The molecule has 0 aromatic heterocycles. The van der Waals surface area contributed by atoms with Crippen LogP contribution in [0.1, 0.15) is 20.3 Å². The molecule has 12 heavy (non-hydrogen) atoms. The first-order chi connectivity index (χ1) is 5.72. The van der Waals surface area contributed by atoms with Crippen molar-refractivity contribution in [2.45, 2.75) is 20.3 Å². The molecule has 0 aliphatic carbocycles. The Balaban J connectivity index is 2.33. The Morgan fingerprint density at radius 2 is 2.50 bits per heavy atom. The van der Waals surface area contributed by atoms with Crippen LogP contribution in [0, 0.1) is 0 Å². The number of hydrogen-bond acceptors (Lipinski definition) is 6. The zero-order valence-corrected chi connectivity index (χ0v) is 7.55. The van der Waals surface area contributed by atoms with Crippen molar-refractivity contribution in [3.63, 3.8) is 0 Å².